The smallest absolute Gasteiger partial charge is 0.339 e. The van der Waals surface area contributed by atoms with Crippen molar-refractivity contribution in [2.24, 2.45) is 0 Å². The number of nitro groups is 1. The number of sulfonamides is 1. The first-order chi connectivity index (χ1) is 12.1. The van der Waals surface area contributed by atoms with Gasteiger partial charge in [0.05, 0.1) is 28.2 Å². The second kappa shape index (κ2) is 6.88. The van der Waals surface area contributed by atoms with Crippen molar-refractivity contribution in [1.29, 1.82) is 0 Å². The van der Waals surface area contributed by atoms with Gasteiger partial charge in [-0.1, -0.05) is 0 Å². The Hall–Kier alpha value is -3.34. The van der Waals surface area contributed by atoms with E-state index in [4.69, 9.17) is 0 Å². The molecule has 0 fully saturated rings. The third-order valence-electron chi connectivity index (χ3n) is 3.41. The molecule has 0 aromatic heterocycles. The number of phenolic OH excluding ortho intramolecular Hbond substituents is 2. The van der Waals surface area contributed by atoms with Gasteiger partial charge in [0.1, 0.15) is 5.75 Å². The van der Waals surface area contributed by atoms with Gasteiger partial charge in [0.2, 0.25) is 0 Å². The predicted octanol–water partition coefficient (Wildman–Crippen LogP) is 1.90. The number of anilines is 1. The molecule has 0 spiro atoms. The molecule has 0 saturated carbocycles. The molecule has 26 heavy (non-hydrogen) atoms. The largest absolute Gasteiger partial charge is 0.508 e. The van der Waals surface area contributed by atoms with Gasteiger partial charge in [-0.05, 0) is 30.7 Å². The van der Waals surface area contributed by atoms with Gasteiger partial charge in [0.25, 0.3) is 10.0 Å². The highest BCUT2D eigenvalue weighted by molar-refractivity contribution is 7.92. The van der Waals surface area contributed by atoms with E-state index in [2.05, 4.69) is 9.46 Å². The predicted molar refractivity (Wildman–Crippen MR) is 89.8 cm³/mol. The summed E-state index contributed by atoms with van der Waals surface area (Å²) < 4.78 is 31.9. The number of carbonyl (C=O) groups excluding carboxylic acids is 1. The van der Waals surface area contributed by atoms with Gasteiger partial charge in [-0.3, -0.25) is 14.8 Å². The van der Waals surface area contributed by atoms with Crippen LogP contribution in [0.2, 0.25) is 0 Å². The van der Waals surface area contributed by atoms with Gasteiger partial charge >= 0.3 is 11.7 Å². The standard InChI is InChI=1S/C15H14N2O8S/c1-8-5-13(19)12(17(21)22)7-14(8)26(23,24)16-11-6-9(18)3-4-10(11)15(20)25-2/h3-7,16,18-19H,1-2H3. The fourth-order valence-electron chi connectivity index (χ4n) is 2.20. The fourth-order valence-corrected chi connectivity index (χ4v) is 3.52. The Balaban J connectivity index is 2.58. The quantitative estimate of drug-likeness (QED) is 0.402. The Labute approximate surface area is 147 Å². The lowest BCUT2D eigenvalue weighted by Crippen LogP contribution is -2.17. The molecule has 0 amide bonds. The summed E-state index contributed by atoms with van der Waals surface area (Å²) >= 11 is 0. The third-order valence-corrected chi connectivity index (χ3v) is 4.92. The number of rotatable bonds is 5. The Bertz CT molecular complexity index is 1000. The van der Waals surface area contributed by atoms with Crippen molar-refractivity contribution in [2.75, 3.05) is 11.8 Å². The summed E-state index contributed by atoms with van der Waals surface area (Å²) in [7, 11) is -3.28. The van der Waals surface area contributed by atoms with Crippen LogP contribution in [0.15, 0.2) is 35.2 Å². The number of nitro benzene ring substituents is 1. The third kappa shape index (κ3) is 3.67. The minimum absolute atomic E-state index is 0.0420. The number of aryl methyl sites for hydroxylation is 1. The number of ether oxygens (including phenoxy) is 1. The number of phenols is 2. The molecule has 0 aliphatic carbocycles. The Morgan fingerprint density at radius 1 is 1.23 bits per heavy atom. The molecule has 0 atom stereocenters. The maximum absolute atomic E-state index is 12.6. The van der Waals surface area contributed by atoms with Gasteiger partial charge in [-0.2, -0.15) is 0 Å². The highest BCUT2D eigenvalue weighted by Gasteiger charge is 2.26. The van der Waals surface area contributed by atoms with E-state index in [9.17, 15) is 33.5 Å². The molecule has 0 heterocycles. The van der Waals surface area contributed by atoms with Crippen LogP contribution >= 0.6 is 0 Å². The molecule has 0 aliphatic rings. The maximum Gasteiger partial charge on any atom is 0.339 e. The van der Waals surface area contributed by atoms with Crippen LogP contribution in [0, 0.1) is 17.0 Å². The number of hydrogen-bond donors (Lipinski definition) is 3. The molecule has 0 aliphatic heterocycles. The van der Waals surface area contributed by atoms with Crippen LogP contribution in [-0.4, -0.2) is 36.6 Å². The molecule has 2 aromatic carbocycles. The average molecular weight is 382 g/mol. The summed E-state index contributed by atoms with van der Waals surface area (Å²) in [6.07, 6.45) is 0. The lowest BCUT2D eigenvalue weighted by Gasteiger charge is -2.13. The maximum atomic E-state index is 12.6. The molecular formula is C15H14N2O8S. The molecule has 10 nitrogen and oxygen atoms in total. The van der Waals surface area contributed by atoms with Crippen LogP contribution < -0.4 is 4.72 Å². The second-order valence-corrected chi connectivity index (χ2v) is 6.84. The van der Waals surface area contributed by atoms with E-state index in [1.54, 1.807) is 0 Å². The summed E-state index contributed by atoms with van der Waals surface area (Å²) in [4.78, 5) is 21.3. The zero-order chi connectivity index (χ0) is 19.6. The number of esters is 1. The second-order valence-electron chi connectivity index (χ2n) is 5.19. The van der Waals surface area contributed by atoms with Gasteiger partial charge in [-0.25, -0.2) is 13.2 Å². The van der Waals surface area contributed by atoms with Gasteiger partial charge in [0, 0.05) is 12.1 Å². The van der Waals surface area contributed by atoms with Crippen LogP contribution in [-0.2, 0) is 14.8 Å². The van der Waals surface area contributed by atoms with Crippen molar-refractivity contribution in [1.82, 2.24) is 0 Å². The monoisotopic (exact) mass is 382 g/mol. The zero-order valence-electron chi connectivity index (χ0n) is 13.6. The topological polar surface area (TPSA) is 156 Å². The molecular weight excluding hydrogens is 368 g/mol. The number of benzene rings is 2. The SMILES string of the molecule is COC(=O)c1ccc(O)cc1NS(=O)(=O)c1cc([N+](=O)[O-])c(O)cc1C. The molecule has 3 N–H and O–H groups in total. The minimum Gasteiger partial charge on any atom is -0.508 e. The van der Waals surface area contributed by atoms with E-state index in [0.29, 0.717) is 6.07 Å². The number of carbonyl (C=O) groups is 1. The molecule has 0 bridgehead atoms. The van der Waals surface area contributed by atoms with Crippen molar-refractivity contribution in [3.63, 3.8) is 0 Å². The average Bonchev–Trinajstić information content (AvgIpc) is 2.53. The van der Waals surface area contributed by atoms with Crippen LogP contribution in [0.4, 0.5) is 11.4 Å². The molecule has 2 aromatic rings. The van der Waals surface area contributed by atoms with Crippen LogP contribution in [0.1, 0.15) is 15.9 Å². The number of nitrogens with zero attached hydrogens (tertiary/aromatic N) is 1. The molecule has 138 valence electrons. The van der Waals surface area contributed by atoms with Crippen molar-refractivity contribution >= 4 is 27.4 Å². The number of nitrogens with one attached hydrogen (secondary N) is 1. The Morgan fingerprint density at radius 3 is 2.46 bits per heavy atom. The van der Waals surface area contributed by atoms with Crippen LogP contribution in [0.25, 0.3) is 0 Å². The number of aromatic hydroxyl groups is 2. The first-order valence-corrected chi connectivity index (χ1v) is 8.47. The number of methoxy groups -OCH3 is 1. The highest BCUT2D eigenvalue weighted by atomic mass is 32.2. The summed E-state index contributed by atoms with van der Waals surface area (Å²) in [5, 5.41) is 30.1. The summed E-state index contributed by atoms with van der Waals surface area (Å²) in [6, 6.07) is 4.96. The highest BCUT2D eigenvalue weighted by Crippen LogP contribution is 2.33. The van der Waals surface area contributed by atoms with Gasteiger partial charge in [0.15, 0.2) is 5.75 Å². The number of hydrogen-bond acceptors (Lipinski definition) is 8. The van der Waals surface area contributed by atoms with E-state index in [0.717, 1.165) is 25.3 Å². The Morgan fingerprint density at radius 2 is 1.88 bits per heavy atom. The first-order valence-electron chi connectivity index (χ1n) is 6.99. The lowest BCUT2D eigenvalue weighted by atomic mass is 10.2. The summed E-state index contributed by atoms with van der Waals surface area (Å²) in [5.41, 5.74) is -1.19. The fraction of sp³-hybridized carbons (Fsp3) is 0.133. The summed E-state index contributed by atoms with van der Waals surface area (Å²) in [5.74, 6) is -1.85. The normalized spacial score (nSPS) is 11.0. The molecule has 0 unspecified atom stereocenters. The lowest BCUT2D eigenvalue weighted by molar-refractivity contribution is -0.386. The minimum atomic E-state index is -4.38. The van der Waals surface area contributed by atoms with Crippen LogP contribution in [0.5, 0.6) is 11.5 Å². The van der Waals surface area contributed by atoms with Crippen molar-refractivity contribution in [3.05, 3.63) is 51.6 Å². The Kier molecular flexibility index (Phi) is 5.02. The van der Waals surface area contributed by atoms with Crippen molar-refractivity contribution in [2.45, 2.75) is 11.8 Å². The molecule has 2 rings (SSSR count). The molecule has 0 radical (unpaired) electrons. The van der Waals surface area contributed by atoms with E-state index in [1.165, 1.54) is 13.0 Å². The molecule has 11 heteroatoms. The van der Waals surface area contributed by atoms with Crippen molar-refractivity contribution in [3.8, 4) is 11.5 Å². The van der Waals surface area contributed by atoms with Crippen molar-refractivity contribution < 1.29 is 33.1 Å². The summed E-state index contributed by atoms with van der Waals surface area (Å²) in [6.45, 7) is 1.34. The first kappa shape index (κ1) is 19.0. The van der Waals surface area contributed by atoms with Gasteiger partial charge in [-0.15, -0.1) is 0 Å². The van der Waals surface area contributed by atoms with Gasteiger partial charge < -0.3 is 14.9 Å². The van der Waals surface area contributed by atoms with E-state index >= 15 is 0 Å². The van der Waals surface area contributed by atoms with Crippen LogP contribution in [0.3, 0.4) is 0 Å². The van der Waals surface area contributed by atoms with E-state index in [-0.39, 0.29) is 22.6 Å². The molecule has 0 saturated heterocycles. The van der Waals surface area contributed by atoms with E-state index in [1.807, 2.05) is 0 Å². The van der Waals surface area contributed by atoms with E-state index < -0.39 is 37.2 Å². The zero-order valence-corrected chi connectivity index (χ0v) is 14.4.